The van der Waals surface area contributed by atoms with Gasteiger partial charge in [0.05, 0.1) is 40.9 Å². The third kappa shape index (κ3) is 20.2. The van der Waals surface area contributed by atoms with Gasteiger partial charge in [-0.05, 0) is 178 Å². The Bertz CT molecular complexity index is 4400. The first-order valence-corrected chi connectivity index (χ1v) is 41.7. The summed E-state index contributed by atoms with van der Waals surface area (Å²) in [5, 5.41) is 9.98. The number of rotatable bonds is 40. The summed E-state index contributed by atoms with van der Waals surface area (Å²) in [6.45, 7) is 16.7. The lowest BCUT2D eigenvalue weighted by molar-refractivity contribution is -0.437. The van der Waals surface area contributed by atoms with E-state index < -0.39 is 67.7 Å². The van der Waals surface area contributed by atoms with Crippen LogP contribution in [0.2, 0.25) is 0 Å². The van der Waals surface area contributed by atoms with Gasteiger partial charge in [-0.25, -0.2) is 8.42 Å². The highest BCUT2D eigenvalue weighted by Crippen LogP contribution is 2.65. The number of allylic oxidation sites excluding steroid dienone is 7. The van der Waals surface area contributed by atoms with E-state index in [2.05, 4.69) is 90.8 Å². The quantitative estimate of drug-likeness (QED) is 0.00404. The number of amides is 2. The van der Waals surface area contributed by atoms with E-state index in [-0.39, 0.29) is 78.0 Å². The minimum atomic E-state index is -4.91. The molecule has 5 N–H and O–H groups in total. The maximum Gasteiger partial charge on any atom is 0.294 e. The third-order valence-corrected chi connectivity index (χ3v) is 25.1. The summed E-state index contributed by atoms with van der Waals surface area (Å²) in [5.41, 5.74) is 14.9. The van der Waals surface area contributed by atoms with Crippen LogP contribution in [-0.4, -0.2) is 132 Å². The number of unbranched alkanes of at least 4 members (excludes halogenated alkanes) is 7. The molecule has 5 atom stereocenters. The van der Waals surface area contributed by atoms with Crippen molar-refractivity contribution in [2.45, 2.75) is 195 Å². The van der Waals surface area contributed by atoms with Gasteiger partial charge in [-0.15, -0.1) is 0 Å². The Morgan fingerprint density at radius 1 is 0.748 bits per heavy atom. The first-order valence-electron chi connectivity index (χ1n) is 35.6. The van der Waals surface area contributed by atoms with Gasteiger partial charge in [-0.1, -0.05) is 125 Å². The molecule has 3 aliphatic carbocycles. The summed E-state index contributed by atoms with van der Waals surface area (Å²) in [6, 6.07) is 23.3. The van der Waals surface area contributed by atoms with E-state index in [0.29, 0.717) is 110 Å². The van der Waals surface area contributed by atoms with Crippen molar-refractivity contribution < 1.29 is 75.5 Å². The molecule has 4 aromatic carbocycles. The van der Waals surface area contributed by atoms with E-state index in [4.69, 9.17) is 15.0 Å². The predicted molar refractivity (Wildman–Crippen MR) is 399 cm³/mol. The van der Waals surface area contributed by atoms with E-state index >= 15 is 0 Å². The van der Waals surface area contributed by atoms with Gasteiger partial charge >= 0.3 is 0 Å². The van der Waals surface area contributed by atoms with Gasteiger partial charge in [-0.3, -0.25) is 23.2 Å². The highest BCUT2D eigenvalue weighted by atomic mass is 32.2. The van der Waals surface area contributed by atoms with E-state index in [1.54, 1.807) is 44.6 Å². The molecule has 103 heavy (non-hydrogen) atoms. The molecule has 2 amide bonds. The summed E-state index contributed by atoms with van der Waals surface area (Å²) < 4.78 is 152. The van der Waals surface area contributed by atoms with Crippen molar-refractivity contribution in [2.24, 2.45) is 22.4 Å². The van der Waals surface area contributed by atoms with E-state index in [1.165, 1.54) is 41.5 Å². The highest BCUT2D eigenvalue weighted by molar-refractivity contribution is 7.86. The fourth-order valence-corrected chi connectivity index (χ4v) is 18.1. The number of hydrogen-bond donors (Lipinski definition) is 5. The number of hydrogen-bond acceptors (Lipinski definition) is 15. The average molecular weight is 1500 g/mol. The number of azide groups is 1. The third-order valence-electron chi connectivity index (χ3n) is 21.8. The molecule has 4 aromatic rings. The van der Waals surface area contributed by atoms with Gasteiger partial charge in [0.1, 0.15) is 28.2 Å². The van der Waals surface area contributed by atoms with Gasteiger partial charge in [0.2, 0.25) is 17.5 Å². The molecule has 0 radical (unpaired) electrons. The predicted octanol–water partition coefficient (Wildman–Crippen LogP) is 14.0. The fraction of sp³-hybridized carbons (Fsp3) is 0.539. The lowest BCUT2D eigenvalue weighted by Gasteiger charge is -2.59. The van der Waals surface area contributed by atoms with Crippen LogP contribution in [-0.2, 0) is 66.3 Å². The van der Waals surface area contributed by atoms with Crippen molar-refractivity contribution in [3.8, 4) is 11.5 Å². The van der Waals surface area contributed by atoms with Crippen molar-refractivity contribution in [3.05, 3.63) is 165 Å². The van der Waals surface area contributed by atoms with Crippen molar-refractivity contribution in [1.29, 1.82) is 0 Å². The molecule has 2 aliphatic heterocycles. The number of anilines is 1. The molecule has 1 saturated carbocycles. The number of benzene rings is 4. The molecule has 27 heteroatoms. The summed E-state index contributed by atoms with van der Waals surface area (Å²) in [6.07, 6.45) is 21.1. The molecule has 0 aromatic heterocycles. The minimum Gasteiger partial charge on any atom is -0.744 e. The average Bonchev–Trinajstić information content (AvgIpc) is 1.60. The zero-order chi connectivity index (χ0) is 75.3. The molecule has 2 bridgehead atoms. The number of carbonyl (C=O) groups is 2. The van der Waals surface area contributed by atoms with Crippen LogP contribution in [0.5, 0.6) is 11.5 Å². The Labute approximate surface area is 609 Å². The van der Waals surface area contributed by atoms with Crippen LogP contribution >= 0.6 is 0 Å². The van der Waals surface area contributed by atoms with Gasteiger partial charge in [0.15, 0.2) is 5.71 Å². The monoisotopic (exact) mass is 1500 g/mol. The van der Waals surface area contributed by atoms with Gasteiger partial charge in [-0.2, -0.15) is 29.8 Å². The summed E-state index contributed by atoms with van der Waals surface area (Å²) in [4.78, 5) is 30.8. The number of ether oxygens (including phenoxy) is 2. The van der Waals surface area contributed by atoms with E-state index in [0.717, 1.165) is 61.2 Å². The number of nitrogens with one attached hydrogen (secondary N) is 2. The number of nitrogens with zero attached hydrogens (tertiary/aromatic N) is 5. The second kappa shape index (κ2) is 34.4. The zero-order valence-electron chi connectivity index (χ0n) is 60.8. The Balaban J connectivity index is 0.861. The van der Waals surface area contributed by atoms with Crippen LogP contribution in [0.3, 0.4) is 0 Å². The van der Waals surface area contributed by atoms with Crippen LogP contribution < -0.4 is 25.0 Å². The van der Waals surface area contributed by atoms with Gasteiger partial charge in [0, 0.05) is 96.3 Å². The smallest absolute Gasteiger partial charge is 0.294 e. The molecule has 23 nitrogen and oxygen atoms in total. The molecule has 2 heterocycles. The first kappa shape index (κ1) is 81.5. The summed E-state index contributed by atoms with van der Waals surface area (Å²) in [7, 11) is -14.6. The standard InChI is InChI=1S/C76H103N7O16S4/c1-73(2,59(53-28-15-10-16-29-53)30-17-12-24-41-80-81-77)55-47-66(98-8)72(67(48-55)99-9)58-46-54(60-51-61(58)74(60,3)4)52-79-71(85)34-20-13-23-40-78-70(84)33-21-14-25-42-83-65-38-36-57(103(95,96)97)50-63(65)76(7,39-22-26-44-100(86,87)88)69(83)32-19-11-18-31-68-75(5,6)62-49-56(102(92,93)94)35-37-64(62)82(68)43-27-45-101(89,90)91/h10-11,15-16,18-19,28-29,31-32,35-38,46-50,58-61H,12-14,17,20-27,30,33-34,39-45,51-52H2,1-9H3,(H5-,78,79,84,85,86,87,88,89,90,91,92,93,94,95,96,97)/t58-,59-,60+,61-,76?/m0/s1. The fourth-order valence-electron chi connectivity index (χ4n) is 16.0. The van der Waals surface area contributed by atoms with Crippen molar-refractivity contribution in [2.75, 3.05) is 63.3 Å². The second-order valence-electron chi connectivity index (χ2n) is 29.6. The molecule has 1 unspecified atom stereocenters. The molecule has 1 fully saturated rings. The lowest BCUT2D eigenvalue weighted by atomic mass is 9.45. The van der Waals surface area contributed by atoms with Crippen LogP contribution in [0.25, 0.3) is 10.4 Å². The number of methoxy groups -OCH3 is 2. The SMILES string of the molecule is COc1cc(C(C)(C)[C@@H](CCCCCN=[N+]=[N-])c2ccccc2)cc(OC)c1[C@H]1C=C(CNC(=O)CCCCCNC(=O)CCCCCN2C(=CC=CC=CC3=[N+](CCCS(=O)(=O)O)c4ccc(S(=O)(=O)O)cc4C3(C)C)C(C)(CCCCS(=O)(=O)O)c3cc(S(=O)(=O)[O-])ccc32)[C@H]2C[C@@H]1C2(C)C. The number of fused-ring (bicyclic) bond motifs is 3. The van der Waals surface area contributed by atoms with Gasteiger partial charge in [0.25, 0.3) is 30.4 Å². The molecule has 9 rings (SSSR count). The Morgan fingerprint density at radius 3 is 2.01 bits per heavy atom. The zero-order valence-corrected chi connectivity index (χ0v) is 64.0. The lowest BCUT2D eigenvalue weighted by Crippen LogP contribution is -2.52. The Hall–Kier alpha value is -7.20. The summed E-state index contributed by atoms with van der Waals surface area (Å²) >= 11 is 0. The maximum absolute atomic E-state index is 13.4. The maximum atomic E-state index is 13.4. The molecule has 0 spiro atoms. The molecule has 5 aliphatic rings. The van der Waals surface area contributed by atoms with Gasteiger partial charge < -0.3 is 29.6 Å². The Kier molecular flexibility index (Phi) is 27.2. The summed E-state index contributed by atoms with van der Waals surface area (Å²) in [5.74, 6) is 1.29. The van der Waals surface area contributed by atoms with E-state index in [9.17, 15) is 61.5 Å². The first-order chi connectivity index (χ1) is 48.5. The topological polar surface area (TPSA) is 352 Å². The molecule has 562 valence electrons. The normalized spacial score (nSPS) is 20.0. The van der Waals surface area contributed by atoms with Crippen molar-refractivity contribution >= 4 is 69.4 Å². The molecular weight excluding hydrogens is 1400 g/mol. The van der Waals surface area contributed by atoms with E-state index in [1.807, 2.05) is 42.4 Å². The molecule has 0 saturated heterocycles. The molecular formula is C76H103N7O16S4. The highest BCUT2D eigenvalue weighted by Gasteiger charge is 2.56. The van der Waals surface area contributed by atoms with Crippen molar-refractivity contribution in [3.63, 3.8) is 0 Å². The van der Waals surface area contributed by atoms with Crippen LogP contribution in [0, 0.1) is 17.3 Å². The van der Waals surface area contributed by atoms with Crippen LogP contribution in [0.4, 0.5) is 11.4 Å². The Morgan fingerprint density at radius 2 is 1.38 bits per heavy atom. The number of carbonyl (C=O) groups excluding carboxylic acids is 2. The van der Waals surface area contributed by atoms with Crippen LogP contribution in [0.15, 0.2) is 141 Å². The largest absolute Gasteiger partial charge is 0.744 e. The van der Waals surface area contributed by atoms with Crippen LogP contribution in [0.1, 0.15) is 197 Å². The minimum absolute atomic E-state index is 0.00673. The van der Waals surface area contributed by atoms with Crippen molar-refractivity contribution in [1.82, 2.24) is 10.6 Å². The second-order valence-corrected chi connectivity index (χ2v) is 35.6.